The Bertz CT molecular complexity index is 523. The molecule has 1 aliphatic rings. The van der Waals surface area contributed by atoms with Crippen LogP contribution in [0.1, 0.15) is 30.7 Å². The Morgan fingerprint density at radius 3 is 2.77 bits per heavy atom. The Morgan fingerprint density at radius 2 is 2.09 bits per heavy atom. The summed E-state index contributed by atoms with van der Waals surface area (Å²) in [6, 6.07) is 5.61. The van der Waals surface area contributed by atoms with Crippen LogP contribution in [0.2, 0.25) is 10.0 Å². The van der Waals surface area contributed by atoms with Crippen molar-refractivity contribution in [2.75, 3.05) is 27.2 Å². The van der Waals surface area contributed by atoms with Crippen LogP contribution in [0.15, 0.2) is 18.2 Å². The minimum absolute atomic E-state index is 0.0522. The van der Waals surface area contributed by atoms with Crippen LogP contribution < -0.4 is 5.32 Å². The topological polar surface area (TPSA) is 41.6 Å². The van der Waals surface area contributed by atoms with Gasteiger partial charge in [-0.25, -0.2) is 4.79 Å². The molecule has 2 atom stereocenters. The predicted octanol–water partition coefficient (Wildman–Crippen LogP) is 3.92. The van der Waals surface area contributed by atoms with Crippen LogP contribution in [-0.2, 0) is 4.74 Å². The number of amides is 2. The molecule has 1 heterocycles. The van der Waals surface area contributed by atoms with Crippen LogP contribution in [0.5, 0.6) is 0 Å². The number of halogens is 2. The lowest BCUT2D eigenvalue weighted by molar-refractivity contribution is 0.0471. The van der Waals surface area contributed by atoms with Crippen LogP contribution in [0, 0.1) is 0 Å². The normalized spacial score (nSPS) is 22.0. The molecule has 0 saturated carbocycles. The standard InChI is InChI=1S/C16H22Cl2N2O2/c1-20(2)16(21)19-10-15-12(5-3-4-8-22-15)11-6-7-13(17)14(18)9-11/h6-7,9,12,15H,3-5,8,10H2,1-2H3,(H,19,21)/t12?,15-/m0/s1. The molecule has 0 bridgehead atoms. The first kappa shape index (κ1) is 17.4. The Balaban J connectivity index is 2.13. The molecule has 2 rings (SSSR count). The number of urea groups is 1. The number of hydrogen-bond acceptors (Lipinski definition) is 2. The average molecular weight is 345 g/mol. The van der Waals surface area contributed by atoms with E-state index in [2.05, 4.69) is 5.32 Å². The predicted molar refractivity (Wildman–Crippen MR) is 89.9 cm³/mol. The minimum Gasteiger partial charge on any atom is -0.376 e. The van der Waals surface area contributed by atoms with Crippen molar-refractivity contribution >= 4 is 29.2 Å². The van der Waals surface area contributed by atoms with Gasteiger partial charge in [-0.15, -0.1) is 0 Å². The minimum atomic E-state index is -0.110. The van der Waals surface area contributed by atoms with Gasteiger partial charge >= 0.3 is 6.03 Å². The Labute approximate surface area is 141 Å². The summed E-state index contributed by atoms with van der Waals surface area (Å²) in [6.07, 6.45) is 3.10. The van der Waals surface area contributed by atoms with E-state index in [9.17, 15) is 4.79 Å². The molecular weight excluding hydrogens is 323 g/mol. The van der Waals surface area contributed by atoms with Crippen LogP contribution in [0.3, 0.4) is 0 Å². The molecule has 2 amide bonds. The summed E-state index contributed by atoms with van der Waals surface area (Å²) in [5, 5.41) is 4.02. The molecule has 0 spiro atoms. The highest BCUT2D eigenvalue weighted by Crippen LogP contribution is 2.33. The van der Waals surface area contributed by atoms with Gasteiger partial charge in [-0.1, -0.05) is 35.7 Å². The van der Waals surface area contributed by atoms with Crippen LogP contribution in [0.4, 0.5) is 4.79 Å². The first-order valence-electron chi connectivity index (χ1n) is 7.50. The molecule has 1 unspecified atom stereocenters. The second-order valence-electron chi connectivity index (χ2n) is 5.77. The van der Waals surface area contributed by atoms with E-state index in [-0.39, 0.29) is 18.1 Å². The summed E-state index contributed by atoms with van der Waals surface area (Å²) in [6.45, 7) is 1.21. The first-order chi connectivity index (χ1) is 10.5. The van der Waals surface area contributed by atoms with E-state index < -0.39 is 0 Å². The summed E-state index contributed by atoms with van der Waals surface area (Å²) in [7, 11) is 3.44. The highest BCUT2D eigenvalue weighted by molar-refractivity contribution is 6.42. The van der Waals surface area contributed by atoms with Crippen LogP contribution >= 0.6 is 23.2 Å². The van der Waals surface area contributed by atoms with E-state index in [1.165, 1.54) is 4.90 Å². The number of rotatable bonds is 3. The number of ether oxygens (including phenoxy) is 1. The first-order valence-corrected chi connectivity index (χ1v) is 8.26. The lowest BCUT2D eigenvalue weighted by Gasteiger charge is -2.26. The fraction of sp³-hybridized carbons (Fsp3) is 0.562. The van der Waals surface area contributed by atoms with Gasteiger partial charge in [-0.3, -0.25) is 0 Å². The molecule has 0 radical (unpaired) electrons. The van der Waals surface area contributed by atoms with Crippen molar-refractivity contribution in [1.82, 2.24) is 10.2 Å². The molecule has 1 aromatic carbocycles. The number of nitrogens with zero attached hydrogens (tertiary/aromatic N) is 1. The number of benzene rings is 1. The van der Waals surface area contributed by atoms with Crippen LogP contribution in [0.25, 0.3) is 0 Å². The van der Waals surface area contributed by atoms with Gasteiger partial charge in [0.05, 0.1) is 16.1 Å². The molecule has 4 nitrogen and oxygen atoms in total. The lowest BCUT2D eigenvalue weighted by atomic mass is 9.89. The van der Waals surface area contributed by atoms with Gasteiger partial charge in [0.1, 0.15) is 0 Å². The third-order valence-electron chi connectivity index (χ3n) is 3.92. The van der Waals surface area contributed by atoms with Gasteiger partial charge in [0, 0.05) is 33.2 Å². The Hall–Kier alpha value is -0.970. The fourth-order valence-corrected chi connectivity index (χ4v) is 2.98. The molecular formula is C16H22Cl2N2O2. The highest BCUT2D eigenvalue weighted by Gasteiger charge is 2.27. The maximum atomic E-state index is 11.7. The van der Waals surface area contributed by atoms with Gasteiger partial charge in [-0.05, 0) is 30.5 Å². The van der Waals surface area contributed by atoms with Crippen molar-refractivity contribution in [2.24, 2.45) is 0 Å². The largest absolute Gasteiger partial charge is 0.376 e. The fourth-order valence-electron chi connectivity index (χ4n) is 2.67. The molecule has 1 fully saturated rings. The molecule has 1 N–H and O–H groups in total. The number of carbonyl (C=O) groups excluding carboxylic acids is 1. The van der Waals surface area contributed by atoms with Crippen molar-refractivity contribution < 1.29 is 9.53 Å². The van der Waals surface area contributed by atoms with Gasteiger partial charge in [-0.2, -0.15) is 0 Å². The van der Waals surface area contributed by atoms with E-state index in [0.717, 1.165) is 31.4 Å². The molecule has 6 heteroatoms. The number of carbonyl (C=O) groups is 1. The second-order valence-corrected chi connectivity index (χ2v) is 6.58. The monoisotopic (exact) mass is 344 g/mol. The molecule has 0 aromatic heterocycles. The van der Waals surface area contributed by atoms with Gasteiger partial charge < -0.3 is 15.0 Å². The second kappa shape index (κ2) is 8.04. The van der Waals surface area contributed by atoms with Crippen molar-refractivity contribution in [3.05, 3.63) is 33.8 Å². The molecule has 1 saturated heterocycles. The van der Waals surface area contributed by atoms with E-state index in [1.54, 1.807) is 14.1 Å². The third-order valence-corrected chi connectivity index (χ3v) is 4.66. The molecule has 22 heavy (non-hydrogen) atoms. The van der Waals surface area contributed by atoms with Gasteiger partial charge in [0.2, 0.25) is 0 Å². The molecule has 0 aliphatic carbocycles. The summed E-state index contributed by atoms with van der Waals surface area (Å²) < 4.78 is 5.96. The van der Waals surface area contributed by atoms with Crippen molar-refractivity contribution in [1.29, 1.82) is 0 Å². The van der Waals surface area contributed by atoms with Crippen molar-refractivity contribution in [3.63, 3.8) is 0 Å². The van der Waals surface area contributed by atoms with E-state index >= 15 is 0 Å². The molecule has 122 valence electrons. The SMILES string of the molecule is CN(C)C(=O)NC[C@@H]1OCCCCC1c1ccc(Cl)c(Cl)c1. The van der Waals surface area contributed by atoms with Gasteiger partial charge in [0.25, 0.3) is 0 Å². The maximum Gasteiger partial charge on any atom is 0.316 e. The van der Waals surface area contributed by atoms with Crippen molar-refractivity contribution in [2.45, 2.75) is 31.3 Å². The average Bonchev–Trinajstić information content (AvgIpc) is 2.73. The zero-order valence-electron chi connectivity index (χ0n) is 12.9. The van der Waals surface area contributed by atoms with E-state index in [1.807, 2.05) is 18.2 Å². The van der Waals surface area contributed by atoms with Crippen molar-refractivity contribution in [3.8, 4) is 0 Å². The third kappa shape index (κ3) is 4.51. The number of hydrogen-bond donors (Lipinski definition) is 1. The number of nitrogens with one attached hydrogen (secondary N) is 1. The lowest BCUT2D eigenvalue weighted by Crippen LogP contribution is -2.41. The molecule has 1 aliphatic heterocycles. The van der Waals surface area contributed by atoms with E-state index in [4.69, 9.17) is 27.9 Å². The smallest absolute Gasteiger partial charge is 0.316 e. The van der Waals surface area contributed by atoms with Crippen LogP contribution in [-0.4, -0.2) is 44.3 Å². The summed E-state index contributed by atoms with van der Waals surface area (Å²) in [5.74, 6) is 0.208. The van der Waals surface area contributed by atoms with E-state index in [0.29, 0.717) is 16.6 Å². The Kier molecular flexibility index (Phi) is 6.36. The quantitative estimate of drug-likeness (QED) is 0.902. The summed E-state index contributed by atoms with van der Waals surface area (Å²) >= 11 is 12.1. The maximum absolute atomic E-state index is 11.7. The zero-order valence-corrected chi connectivity index (χ0v) is 14.5. The van der Waals surface area contributed by atoms with Gasteiger partial charge in [0.15, 0.2) is 0 Å². The summed E-state index contributed by atoms with van der Waals surface area (Å²) in [4.78, 5) is 13.3. The molecule has 1 aromatic rings. The summed E-state index contributed by atoms with van der Waals surface area (Å²) in [5.41, 5.74) is 1.11. The highest BCUT2D eigenvalue weighted by atomic mass is 35.5. The Morgan fingerprint density at radius 1 is 1.32 bits per heavy atom. The zero-order chi connectivity index (χ0) is 16.1.